The van der Waals surface area contributed by atoms with Gasteiger partial charge in [0, 0.05) is 0 Å². The summed E-state index contributed by atoms with van der Waals surface area (Å²) in [5, 5.41) is 2.78. The van der Waals surface area contributed by atoms with Gasteiger partial charge in [-0.25, -0.2) is 4.79 Å². The van der Waals surface area contributed by atoms with Crippen molar-refractivity contribution in [2.24, 2.45) is 0 Å². The lowest BCUT2D eigenvalue weighted by atomic mass is 10.1. The molecule has 0 aliphatic carbocycles. The fraction of sp³-hybridized carbons (Fsp3) is 0.0909. The molecule has 0 radical (unpaired) electrons. The quantitative estimate of drug-likeness (QED) is 0.684. The van der Waals surface area contributed by atoms with Crippen LogP contribution in [0.1, 0.15) is 26.3 Å². The first-order chi connectivity index (χ1) is 13.7. The minimum Gasteiger partial charge on any atom is -0.488 e. The molecule has 1 amide bonds. The van der Waals surface area contributed by atoms with Crippen molar-refractivity contribution in [2.45, 2.75) is 6.61 Å². The van der Waals surface area contributed by atoms with Crippen molar-refractivity contribution in [3.63, 3.8) is 0 Å². The van der Waals surface area contributed by atoms with Crippen molar-refractivity contribution in [3.8, 4) is 17.2 Å². The summed E-state index contributed by atoms with van der Waals surface area (Å²) >= 11 is 0. The van der Waals surface area contributed by atoms with Gasteiger partial charge in [0.15, 0.2) is 5.75 Å². The second kappa shape index (κ2) is 7.44. The Morgan fingerprint density at radius 2 is 1.82 bits per heavy atom. The number of methoxy groups -OCH3 is 1. The zero-order valence-electron chi connectivity index (χ0n) is 15.1. The summed E-state index contributed by atoms with van der Waals surface area (Å²) in [6.07, 6.45) is 0. The van der Waals surface area contributed by atoms with Gasteiger partial charge in [-0.05, 0) is 35.9 Å². The van der Waals surface area contributed by atoms with Crippen molar-refractivity contribution in [2.75, 3.05) is 12.4 Å². The highest BCUT2D eigenvalue weighted by Crippen LogP contribution is 2.39. The lowest BCUT2D eigenvalue weighted by molar-refractivity contribution is 0.0600. The number of fused-ring (bicyclic) bond motifs is 2. The average Bonchev–Trinajstić information content (AvgIpc) is 2.87. The summed E-state index contributed by atoms with van der Waals surface area (Å²) in [5.74, 6) is 0.359. The van der Waals surface area contributed by atoms with E-state index in [9.17, 15) is 9.59 Å². The number of ether oxygens (including phenoxy) is 3. The molecule has 0 bridgehead atoms. The van der Waals surface area contributed by atoms with Gasteiger partial charge in [0.1, 0.15) is 23.7 Å². The van der Waals surface area contributed by atoms with Crippen LogP contribution in [0.15, 0.2) is 66.7 Å². The van der Waals surface area contributed by atoms with Crippen LogP contribution in [-0.2, 0) is 11.3 Å². The van der Waals surface area contributed by atoms with Gasteiger partial charge in [0.05, 0.1) is 18.4 Å². The monoisotopic (exact) mass is 375 g/mol. The largest absolute Gasteiger partial charge is 0.488 e. The molecule has 0 aromatic heterocycles. The Kier molecular flexibility index (Phi) is 4.68. The second-order valence-electron chi connectivity index (χ2n) is 6.16. The fourth-order valence-electron chi connectivity index (χ4n) is 2.94. The summed E-state index contributed by atoms with van der Waals surface area (Å²) in [7, 11) is 1.30. The number of hydrogen-bond acceptors (Lipinski definition) is 5. The third-order valence-corrected chi connectivity index (χ3v) is 4.32. The van der Waals surface area contributed by atoms with E-state index in [1.54, 1.807) is 30.3 Å². The predicted octanol–water partition coefficient (Wildman–Crippen LogP) is 4.41. The molecule has 0 fully saturated rings. The van der Waals surface area contributed by atoms with Crippen LogP contribution in [0.4, 0.5) is 5.69 Å². The summed E-state index contributed by atoms with van der Waals surface area (Å²) < 4.78 is 16.5. The van der Waals surface area contributed by atoms with Gasteiger partial charge in [-0.2, -0.15) is 0 Å². The molecular weight excluding hydrogens is 358 g/mol. The van der Waals surface area contributed by atoms with Gasteiger partial charge < -0.3 is 19.5 Å². The number of benzene rings is 3. The third kappa shape index (κ3) is 3.40. The molecular formula is C22H17NO5. The molecule has 4 rings (SSSR count). The minimum absolute atomic E-state index is 0.300. The molecule has 6 nitrogen and oxygen atoms in total. The fourth-order valence-corrected chi connectivity index (χ4v) is 2.94. The molecule has 140 valence electrons. The highest BCUT2D eigenvalue weighted by atomic mass is 16.5. The molecule has 0 atom stereocenters. The van der Waals surface area contributed by atoms with Crippen molar-refractivity contribution in [1.82, 2.24) is 0 Å². The molecule has 3 aromatic rings. The Balaban J connectivity index is 1.65. The van der Waals surface area contributed by atoms with Crippen LogP contribution in [0.3, 0.4) is 0 Å². The zero-order chi connectivity index (χ0) is 19.5. The SMILES string of the molecule is COC(=O)c1ccc2c(c1)NC(=O)c1c(OCc3ccccc3)cccc1O2. The molecule has 1 heterocycles. The number of amides is 1. The smallest absolute Gasteiger partial charge is 0.337 e. The summed E-state index contributed by atoms with van der Waals surface area (Å²) in [6, 6.07) is 19.6. The number of anilines is 1. The highest BCUT2D eigenvalue weighted by Gasteiger charge is 2.25. The van der Waals surface area contributed by atoms with Crippen molar-refractivity contribution < 1.29 is 23.8 Å². The number of carbonyl (C=O) groups is 2. The van der Waals surface area contributed by atoms with E-state index in [1.807, 2.05) is 30.3 Å². The van der Waals surface area contributed by atoms with Crippen LogP contribution in [0.25, 0.3) is 0 Å². The molecule has 6 heteroatoms. The van der Waals surface area contributed by atoms with Crippen LogP contribution >= 0.6 is 0 Å². The Morgan fingerprint density at radius 1 is 1.00 bits per heavy atom. The normalized spacial score (nSPS) is 12.0. The number of nitrogens with one attached hydrogen (secondary N) is 1. The van der Waals surface area contributed by atoms with Crippen molar-refractivity contribution in [1.29, 1.82) is 0 Å². The molecule has 0 saturated carbocycles. The maximum absolute atomic E-state index is 12.9. The summed E-state index contributed by atoms with van der Waals surface area (Å²) in [6.45, 7) is 0.323. The van der Waals surface area contributed by atoms with E-state index in [0.29, 0.717) is 40.7 Å². The van der Waals surface area contributed by atoms with Gasteiger partial charge in [0.2, 0.25) is 0 Å². The van der Waals surface area contributed by atoms with Crippen LogP contribution in [-0.4, -0.2) is 19.0 Å². The molecule has 0 saturated heterocycles. The lowest BCUT2D eigenvalue weighted by Crippen LogP contribution is -2.13. The van der Waals surface area contributed by atoms with E-state index in [0.717, 1.165) is 5.56 Å². The minimum atomic E-state index is -0.495. The maximum atomic E-state index is 12.9. The van der Waals surface area contributed by atoms with Gasteiger partial charge in [-0.1, -0.05) is 36.4 Å². The van der Waals surface area contributed by atoms with E-state index >= 15 is 0 Å². The Morgan fingerprint density at radius 3 is 2.61 bits per heavy atom. The van der Waals surface area contributed by atoms with E-state index < -0.39 is 5.97 Å². The van der Waals surface area contributed by atoms with E-state index in [-0.39, 0.29) is 5.91 Å². The van der Waals surface area contributed by atoms with Gasteiger partial charge in [-0.3, -0.25) is 4.79 Å². The molecule has 1 N–H and O–H groups in total. The van der Waals surface area contributed by atoms with Crippen LogP contribution < -0.4 is 14.8 Å². The number of hydrogen-bond donors (Lipinski definition) is 1. The average molecular weight is 375 g/mol. The second-order valence-corrected chi connectivity index (χ2v) is 6.16. The topological polar surface area (TPSA) is 73.9 Å². The van der Waals surface area contributed by atoms with Crippen molar-refractivity contribution in [3.05, 3.63) is 83.4 Å². The summed E-state index contributed by atoms with van der Waals surface area (Å²) in [5.41, 5.74) is 1.99. The first-order valence-electron chi connectivity index (χ1n) is 8.67. The van der Waals surface area contributed by atoms with Gasteiger partial charge in [0.25, 0.3) is 5.91 Å². The molecule has 0 spiro atoms. The molecule has 28 heavy (non-hydrogen) atoms. The molecule has 3 aromatic carbocycles. The zero-order valence-corrected chi connectivity index (χ0v) is 15.1. The Labute approximate surface area is 161 Å². The van der Waals surface area contributed by atoms with Crippen LogP contribution in [0.2, 0.25) is 0 Å². The first-order valence-corrected chi connectivity index (χ1v) is 8.67. The molecule has 0 unspecified atom stereocenters. The van der Waals surface area contributed by atoms with E-state index in [2.05, 4.69) is 5.32 Å². The van der Waals surface area contributed by atoms with Gasteiger partial charge >= 0.3 is 5.97 Å². The Hall–Kier alpha value is -3.80. The maximum Gasteiger partial charge on any atom is 0.337 e. The van der Waals surface area contributed by atoms with Crippen molar-refractivity contribution >= 4 is 17.6 Å². The number of rotatable bonds is 4. The predicted molar refractivity (Wildman–Crippen MR) is 103 cm³/mol. The lowest BCUT2D eigenvalue weighted by Gasteiger charge is -2.12. The standard InChI is InChI=1S/C22H17NO5/c1-26-22(25)15-10-11-17-16(12-15)23-21(24)20-18(8-5-9-19(20)28-17)27-13-14-6-3-2-4-7-14/h2-12H,13H2,1H3,(H,23,24). The van der Waals surface area contributed by atoms with E-state index in [4.69, 9.17) is 14.2 Å². The first kappa shape index (κ1) is 17.6. The highest BCUT2D eigenvalue weighted by molar-refractivity contribution is 6.10. The molecule has 1 aliphatic heterocycles. The Bertz CT molecular complexity index is 1050. The van der Waals surface area contributed by atoms with Crippen LogP contribution in [0.5, 0.6) is 17.2 Å². The third-order valence-electron chi connectivity index (χ3n) is 4.32. The van der Waals surface area contributed by atoms with Crippen LogP contribution in [0, 0.1) is 0 Å². The number of esters is 1. The van der Waals surface area contributed by atoms with E-state index in [1.165, 1.54) is 13.2 Å². The summed E-state index contributed by atoms with van der Waals surface area (Å²) in [4.78, 5) is 24.6. The van der Waals surface area contributed by atoms with Gasteiger partial charge in [-0.15, -0.1) is 0 Å². The number of carbonyl (C=O) groups excluding carboxylic acids is 2. The molecule has 1 aliphatic rings.